The van der Waals surface area contributed by atoms with Crippen LogP contribution in [-0.2, 0) is 5.41 Å². The van der Waals surface area contributed by atoms with Gasteiger partial charge in [-0.2, -0.15) is 0 Å². The van der Waals surface area contributed by atoms with Crippen LogP contribution in [0.2, 0.25) is 0 Å². The Bertz CT molecular complexity index is 1410. The zero-order valence-electron chi connectivity index (χ0n) is 24.2. The molecule has 2 heterocycles. The van der Waals surface area contributed by atoms with Gasteiger partial charge in [0, 0.05) is 61.7 Å². The number of benzene rings is 3. The van der Waals surface area contributed by atoms with Gasteiger partial charge < -0.3 is 24.4 Å². The summed E-state index contributed by atoms with van der Waals surface area (Å²) < 4.78 is 18.1. The van der Waals surface area contributed by atoms with Gasteiger partial charge in [-0.25, -0.2) is 0 Å². The van der Waals surface area contributed by atoms with E-state index in [2.05, 4.69) is 72.2 Å². The van der Waals surface area contributed by atoms with E-state index in [1.807, 2.05) is 42.5 Å². The molecule has 0 aliphatic carbocycles. The molecule has 210 valence electrons. The Morgan fingerprint density at radius 2 is 1.50 bits per heavy atom. The third-order valence-electron chi connectivity index (χ3n) is 7.37. The molecule has 4 aromatic rings. The molecule has 0 atom stereocenters. The highest BCUT2D eigenvalue weighted by Gasteiger charge is 2.16. The van der Waals surface area contributed by atoms with Crippen molar-refractivity contribution >= 4 is 22.3 Å². The fourth-order valence-electron chi connectivity index (χ4n) is 4.80. The van der Waals surface area contributed by atoms with E-state index in [1.54, 1.807) is 13.3 Å². The summed E-state index contributed by atoms with van der Waals surface area (Å²) >= 11 is 0. The summed E-state index contributed by atoms with van der Waals surface area (Å²) in [6.07, 6.45) is 1.76. The van der Waals surface area contributed by atoms with Crippen LogP contribution in [0.5, 0.6) is 23.0 Å². The minimum atomic E-state index is 0.137. The Kier molecular flexibility index (Phi) is 8.43. The minimum absolute atomic E-state index is 0.137. The van der Waals surface area contributed by atoms with Crippen LogP contribution in [0.3, 0.4) is 0 Å². The summed E-state index contributed by atoms with van der Waals surface area (Å²) in [7, 11) is 3.83. The lowest BCUT2D eigenvalue weighted by molar-refractivity contribution is 0.133. The Morgan fingerprint density at radius 1 is 0.825 bits per heavy atom. The molecule has 5 rings (SSSR count). The lowest BCUT2D eigenvalue weighted by atomic mass is 9.87. The maximum absolute atomic E-state index is 6.28. The molecule has 1 fully saturated rings. The smallest absolute Gasteiger partial charge is 0.163 e. The van der Waals surface area contributed by atoms with Crippen LogP contribution >= 0.6 is 0 Å². The lowest BCUT2D eigenvalue weighted by Gasteiger charge is -2.32. The molecule has 0 radical (unpaired) electrons. The van der Waals surface area contributed by atoms with E-state index < -0.39 is 0 Å². The molecule has 7 heteroatoms. The molecule has 0 unspecified atom stereocenters. The summed E-state index contributed by atoms with van der Waals surface area (Å²) in [5.74, 6) is 2.82. The SMILES string of the molecule is COc1cc2c(Oc3ccc(Nc4ccc(C(C)(C)C)cc4)cc3)ccnc2cc1OCCN1CCN(C)CC1. The Morgan fingerprint density at radius 3 is 2.15 bits per heavy atom. The standard InChI is InChI=1S/C33H40N4O3/c1-33(2,3)24-6-8-25(9-7-24)35-26-10-12-27(13-11-26)40-30-14-15-34-29-23-32(31(38-5)22-28(29)30)39-21-20-37-18-16-36(4)17-19-37/h6-15,22-23,35H,16-21H2,1-5H3. The van der Waals surface area contributed by atoms with E-state index >= 15 is 0 Å². The van der Waals surface area contributed by atoms with Crippen LogP contribution in [0.1, 0.15) is 26.3 Å². The molecule has 40 heavy (non-hydrogen) atoms. The summed E-state index contributed by atoms with van der Waals surface area (Å²) in [4.78, 5) is 9.35. The highest BCUT2D eigenvalue weighted by Crippen LogP contribution is 2.37. The number of piperazine rings is 1. The number of hydrogen-bond donors (Lipinski definition) is 1. The van der Waals surface area contributed by atoms with Gasteiger partial charge in [-0.1, -0.05) is 32.9 Å². The van der Waals surface area contributed by atoms with E-state index in [1.165, 1.54) is 5.56 Å². The molecule has 1 saturated heterocycles. The van der Waals surface area contributed by atoms with Crippen molar-refractivity contribution in [2.24, 2.45) is 0 Å². The third-order valence-corrected chi connectivity index (χ3v) is 7.37. The normalized spacial score (nSPS) is 14.7. The first-order valence-corrected chi connectivity index (χ1v) is 13.9. The highest BCUT2D eigenvalue weighted by molar-refractivity contribution is 5.88. The Labute approximate surface area is 237 Å². The monoisotopic (exact) mass is 540 g/mol. The molecule has 0 spiro atoms. The topological polar surface area (TPSA) is 59.1 Å². The average Bonchev–Trinajstić information content (AvgIpc) is 2.95. The number of ether oxygens (including phenoxy) is 3. The fraction of sp³-hybridized carbons (Fsp3) is 0.364. The Balaban J connectivity index is 1.25. The van der Waals surface area contributed by atoms with E-state index in [0.717, 1.165) is 60.8 Å². The van der Waals surface area contributed by atoms with Gasteiger partial charge in [0.25, 0.3) is 0 Å². The second-order valence-corrected chi connectivity index (χ2v) is 11.4. The number of pyridine rings is 1. The number of aromatic nitrogens is 1. The predicted octanol–water partition coefficient (Wildman–Crippen LogP) is 6.70. The largest absolute Gasteiger partial charge is 0.493 e. The molecule has 1 N–H and O–H groups in total. The average molecular weight is 541 g/mol. The van der Waals surface area contributed by atoms with E-state index in [4.69, 9.17) is 14.2 Å². The summed E-state index contributed by atoms with van der Waals surface area (Å²) in [5, 5.41) is 4.33. The van der Waals surface area contributed by atoms with Crippen LogP contribution < -0.4 is 19.5 Å². The number of rotatable bonds is 9. The van der Waals surface area contributed by atoms with Crippen LogP contribution in [0, 0.1) is 0 Å². The van der Waals surface area contributed by atoms with Gasteiger partial charge in [0.1, 0.15) is 18.1 Å². The first kappa shape index (κ1) is 27.7. The highest BCUT2D eigenvalue weighted by atomic mass is 16.5. The summed E-state index contributed by atoms with van der Waals surface area (Å²) in [5.41, 5.74) is 4.29. The number of likely N-dealkylation sites (N-methyl/N-ethyl adjacent to an activating group) is 1. The van der Waals surface area contributed by atoms with Gasteiger partial charge in [0.2, 0.25) is 0 Å². The summed E-state index contributed by atoms with van der Waals surface area (Å²) in [6.45, 7) is 12.5. The van der Waals surface area contributed by atoms with E-state index in [-0.39, 0.29) is 5.41 Å². The molecule has 0 saturated carbocycles. The zero-order chi connectivity index (χ0) is 28.1. The van der Waals surface area contributed by atoms with Crippen LogP contribution in [0.25, 0.3) is 10.9 Å². The first-order chi connectivity index (χ1) is 19.3. The third kappa shape index (κ3) is 6.84. The number of fused-ring (bicyclic) bond motifs is 1. The van der Waals surface area contributed by atoms with Crippen molar-refractivity contribution in [1.82, 2.24) is 14.8 Å². The quantitative estimate of drug-likeness (QED) is 0.253. The van der Waals surface area contributed by atoms with Crippen molar-refractivity contribution in [1.29, 1.82) is 0 Å². The molecule has 7 nitrogen and oxygen atoms in total. The fourth-order valence-corrected chi connectivity index (χ4v) is 4.80. The van der Waals surface area contributed by atoms with Gasteiger partial charge in [-0.15, -0.1) is 0 Å². The van der Waals surface area contributed by atoms with Crippen LogP contribution in [0.15, 0.2) is 72.9 Å². The Hall–Kier alpha value is -3.81. The molecule has 1 aromatic heterocycles. The van der Waals surface area contributed by atoms with Crippen LogP contribution in [0.4, 0.5) is 11.4 Å². The number of nitrogens with zero attached hydrogens (tertiary/aromatic N) is 3. The molecular weight excluding hydrogens is 500 g/mol. The van der Waals surface area contributed by atoms with Crippen LogP contribution in [-0.4, -0.2) is 68.3 Å². The van der Waals surface area contributed by atoms with Crippen molar-refractivity contribution in [3.05, 3.63) is 78.5 Å². The molecule has 1 aliphatic heterocycles. The number of methoxy groups -OCH3 is 1. The second kappa shape index (κ2) is 12.1. The number of anilines is 2. The molecule has 0 bridgehead atoms. The first-order valence-electron chi connectivity index (χ1n) is 13.9. The molecule has 1 aliphatic rings. The maximum Gasteiger partial charge on any atom is 0.163 e. The van der Waals surface area contributed by atoms with E-state index in [0.29, 0.717) is 23.9 Å². The molecule has 3 aromatic carbocycles. The maximum atomic E-state index is 6.28. The van der Waals surface area contributed by atoms with Crippen molar-refractivity contribution in [3.8, 4) is 23.0 Å². The molecule has 0 amide bonds. The summed E-state index contributed by atoms with van der Waals surface area (Å²) in [6, 6.07) is 22.3. The zero-order valence-corrected chi connectivity index (χ0v) is 24.2. The van der Waals surface area contributed by atoms with Gasteiger partial charge in [0.05, 0.1) is 12.6 Å². The number of hydrogen-bond acceptors (Lipinski definition) is 7. The molecular formula is C33H40N4O3. The van der Waals surface area contributed by atoms with Crippen molar-refractivity contribution in [2.45, 2.75) is 26.2 Å². The number of nitrogens with one attached hydrogen (secondary N) is 1. The van der Waals surface area contributed by atoms with Gasteiger partial charge in [0.15, 0.2) is 11.5 Å². The van der Waals surface area contributed by atoms with Gasteiger partial charge >= 0.3 is 0 Å². The second-order valence-electron chi connectivity index (χ2n) is 11.4. The minimum Gasteiger partial charge on any atom is -0.493 e. The lowest BCUT2D eigenvalue weighted by Crippen LogP contribution is -2.45. The van der Waals surface area contributed by atoms with Gasteiger partial charge in [-0.05, 0) is 66.6 Å². The van der Waals surface area contributed by atoms with Gasteiger partial charge in [-0.3, -0.25) is 9.88 Å². The van der Waals surface area contributed by atoms with E-state index in [9.17, 15) is 0 Å². The van der Waals surface area contributed by atoms with Crippen molar-refractivity contribution < 1.29 is 14.2 Å². The van der Waals surface area contributed by atoms with Crippen molar-refractivity contribution in [3.63, 3.8) is 0 Å². The predicted molar refractivity (Wildman–Crippen MR) is 163 cm³/mol. The van der Waals surface area contributed by atoms with Crippen molar-refractivity contribution in [2.75, 3.05) is 58.8 Å².